The highest BCUT2D eigenvalue weighted by Gasteiger charge is 2.42. The topological polar surface area (TPSA) is 82.8 Å². The lowest BCUT2D eigenvalue weighted by molar-refractivity contribution is -0.124. The van der Waals surface area contributed by atoms with Gasteiger partial charge in [0, 0.05) is 25.1 Å². The zero-order valence-electron chi connectivity index (χ0n) is 15.9. The lowest BCUT2D eigenvalue weighted by Crippen LogP contribution is -2.19. The third-order valence-corrected chi connectivity index (χ3v) is 5.20. The maximum Gasteiger partial charge on any atom is 0.151 e. The number of benzene rings is 1. The number of ketones is 2. The molecular weight excluding hydrogens is 338 g/mol. The van der Waals surface area contributed by atoms with Crippen molar-refractivity contribution >= 4 is 17.4 Å². The zero-order valence-corrected chi connectivity index (χ0v) is 15.9. The predicted molar refractivity (Wildman–Crippen MR) is 104 cm³/mol. The molecule has 1 aliphatic carbocycles. The molecule has 2 atom stereocenters. The number of Topliss-reactive ketones (excluding diaryl/α,β-unsaturated/α-hetero) is 2. The lowest BCUT2D eigenvalue weighted by atomic mass is 9.86. The molecule has 2 aromatic rings. The monoisotopic (exact) mass is 361 g/mol. The summed E-state index contributed by atoms with van der Waals surface area (Å²) in [7, 11) is 0. The molecule has 0 aliphatic heterocycles. The number of aryl methyl sites for hydroxylation is 3. The van der Waals surface area contributed by atoms with Gasteiger partial charge in [0.15, 0.2) is 5.78 Å². The van der Waals surface area contributed by atoms with Crippen LogP contribution in [0.15, 0.2) is 30.5 Å². The van der Waals surface area contributed by atoms with Gasteiger partial charge in [-0.1, -0.05) is 17.7 Å². The molecule has 1 aromatic heterocycles. The number of hydrogen-bond donors (Lipinski definition) is 1. The summed E-state index contributed by atoms with van der Waals surface area (Å²) in [6.45, 7) is 6.45. The molecule has 0 amide bonds. The molecule has 1 aliphatic rings. The summed E-state index contributed by atoms with van der Waals surface area (Å²) in [5.41, 5.74) is 4.49. The minimum Gasteiger partial charge on any atom is -0.369 e. The molecule has 3 rings (SSSR count). The quantitative estimate of drug-likeness (QED) is 0.823. The Hall–Kier alpha value is -3.00. The highest BCUT2D eigenvalue weighted by atomic mass is 16.2. The maximum atomic E-state index is 13.0. The highest BCUT2D eigenvalue weighted by molar-refractivity contribution is 6.15. The summed E-state index contributed by atoms with van der Waals surface area (Å²) in [6, 6.07) is 9.55. The van der Waals surface area contributed by atoms with E-state index in [1.54, 1.807) is 18.3 Å². The highest BCUT2D eigenvalue weighted by Crippen LogP contribution is 2.37. The molecule has 1 N–H and O–H groups in total. The number of rotatable bonds is 5. The SMILES string of the molecule is Cc1cc(C)c(C2C(=O)CC(CCNc3ncccc3C#N)C2=O)c(C)c1. The van der Waals surface area contributed by atoms with Crippen molar-refractivity contribution in [3.63, 3.8) is 0 Å². The smallest absolute Gasteiger partial charge is 0.151 e. The van der Waals surface area contributed by atoms with Crippen LogP contribution >= 0.6 is 0 Å². The number of hydrogen-bond acceptors (Lipinski definition) is 5. The number of anilines is 1. The van der Waals surface area contributed by atoms with E-state index in [1.807, 2.05) is 32.9 Å². The van der Waals surface area contributed by atoms with Gasteiger partial charge in [-0.15, -0.1) is 0 Å². The number of nitrogens with zero attached hydrogens (tertiary/aromatic N) is 2. The number of aromatic nitrogens is 1. The molecule has 0 bridgehead atoms. The van der Waals surface area contributed by atoms with Crippen LogP contribution in [0.5, 0.6) is 0 Å². The van der Waals surface area contributed by atoms with Gasteiger partial charge in [0.1, 0.15) is 23.6 Å². The molecule has 138 valence electrons. The van der Waals surface area contributed by atoms with Gasteiger partial charge in [-0.2, -0.15) is 5.26 Å². The Bertz CT molecular complexity index is 920. The molecule has 5 nitrogen and oxygen atoms in total. The van der Waals surface area contributed by atoms with E-state index >= 15 is 0 Å². The van der Waals surface area contributed by atoms with Gasteiger partial charge in [-0.3, -0.25) is 9.59 Å². The van der Waals surface area contributed by atoms with Crippen molar-refractivity contribution in [2.24, 2.45) is 5.92 Å². The first-order valence-electron chi connectivity index (χ1n) is 9.15. The van der Waals surface area contributed by atoms with Gasteiger partial charge in [-0.05, 0) is 56.0 Å². The number of nitrogens with one attached hydrogen (secondary N) is 1. The van der Waals surface area contributed by atoms with Crippen molar-refractivity contribution in [3.8, 4) is 6.07 Å². The lowest BCUT2D eigenvalue weighted by Gasteiger charge is -2.16. The fourth-order valence-electron chi connectivity index (χ4n) is 4.05. The number of carbonyl (C=O) groups is 2. The predicted octanol–water partition coefficient (Wildman–Crippen LogP) is 3.62. The van der Waals surface area contributed by atoms with Gasteiger partial charge < -0.3 is 5.32 Å². The van der Waals surface area contributed by atoms with Gasteiger partial charge in [0.05, 0.1) is 5.56 Å². The number of pyridine rings is 1. The number of carbonyl (C=O) groups excluding carboxylic acids is 2. The van der Waals surface area contributed by atoms with Crippen LogP contribution in [0.3, 0.4) is 0 Å². The van der Waals surface area contributed by atoms with Crippen LogP contribution in [0.1, 0.15) is 46.6 Å². The third-order valence-electron chi connectivity index (χ3n) is 5.20. The maximum absolute atomic E-state index is 13.0. The first-order chi connectivity index (χ1) is 12.9. The van der Waals surface area contributed by atoms with Crippen LogP contribution in [0.25, 0.3) is 0 Å². The van der Waals surface area contributed by atoms with Gasteiger partial charge >= 0.3 is 0 Å². The van der Waals surface area contributed by atoms with Crippen LogP contribution < -0.4 is 5.32 Å². The van der Waals surface area contributed by atoms with E-state index < -0.39 is 5.92 Å². The molecule has 1 heterocycles. The van der Waals surface area contributed by atoms with Crippen molar-refractivity contribution < 1.29 is 9.59 Å². The van der Waals surface area contributed by atoms with Crippen molar-refractivity contribution in [1.82, 2.24) is 4.98 Å². The summed E-state index contributed by atoms with van der Waals surface area (Å²) in [5.74, 6) is -0.392. The van der Waals surface area contributed by atoms with Crippen molar-refractivity contribution in [3.05, 3.63) is 58.3 Å². The zero-order chi connectivity index (χ0) is 19.6. The average Bonchev–Trinajstić information content (AvgIpc) is 2.89. The van der Waals surface area contributed by atoms with E-state index in [-0.39, 0.29) is 23.9 Å². The van der Waals surface area contributed by atoms with E-state index in [9.17, 15) is 9.59 Å². The molecule has 1 aromatic carbocycles. The van der Waals surface area contributed by atoms with Gasteiger partial charge in [0.2, 0.25) is 0 Å². The van der Waals surface area contributed by atoms with Crippen LogP contribution in [-0.4, -0.2) is 23.1 Å². The molecular formula is C22H23N3O2. The molecule has 5 heteroatoms. The summed E-state index contributed by atoms with van der Waals surface area (Å²) >= 11 is 0. The second-order valence-electron chi connectivity index (χ2n) is 7.24. The van der Waals surface area contributed by atoms with Crippen molar-refractivity contribution in [1.29, 1.82) is 5.26 Å². The molecule has 2 unspecified atom stereocenters. The van der Waals surface area contributed by atoms with E-state index in [0.717, 1.165) is 22.3 Å². The Morgan fingerprint density at radius 3 is 2.59 bits per heavy atom. The first-order valence-corrected chi connectivity index (χ1v) is 9.15. The molecule has 27 heavy (non-hydrogen) atoms. The Morgan fingerprint density at radius 2 is 1.93 bits per heavy atom. The molecule has 0 saturated heterocycles. The van der Waals surface area contributed by atoms with Gasteiger partial charge in [-0.25, -0.2) is 4.98 Å². The van der Waals surface area contributed by atoms with Crippen LogP contribution in [0.2, 0.25) is 0 Å². The molecule has 0 spiro atoms. The summed E-state index contributed by atoms with van der Waals surface area (Å²) in [6.07, 6.45) is 2.45. The Labute approximate surface area is 159 Å². The second-order valence-corrected chi connectivity index (χ2v) is 7.24. The summed E-state index contributed by atoms with van der Waals surface area (Å²) < 4.78 is 0. The normalized spacial score (nSPS) is 19.2. The largest absolute Gasteiger partial charge is 0.369 e. The summed E-state index contributed by atoms with van der Waals surface area (Å²) in [4.78, 5) is 29.7. The van der Waals surface area contributed by atoms with Crippen LogP contribution in [-0.2, 0) is 9.59 Å². The Kier molecular flexibility index (Phi) is 5.36. The van der Waals surface area contributed by atoms with E-state index in [1.165, 1.54) is 0 Å². The fourth-order valence-corrected chi connectivity index (χ4v) is 4.05. The molecule has 1 fully saturated rings. The number of nitriles is 1. The Morgan fingerprint density at radius 1 is 1.22 bits per heavy atom. The van der Waals surface area contributed by atoms with Crippen molar-refractivity contribution in [2.45, 2.75) is 39.5 Å². The second kappa shape index (κ2) is 7.71. The minimum atomic E-state index is -0.639. The minimum absolute atomic E-state index is 0.00982. The standard InChI is InChI=1S/C22H23N3O2/c1-13-9-14(2)19(15(3)10-13)20-18(26)11-16(21(20)27)6-8-25-22-17(12-23)5-4-7-24-22/h4-5,7,9-10,16,20H,6,8,11H2,1-3H3,(H,24,25). The Balaban J connectivity index is 1.71. The fraction of sp³-hybridized carbons (Fsp3) is 0.364. The van der Waals surface area contributed by atoms with E-state index in [0.29, 0.717) is 24.3 Å². The average molecular weight is 361 g/mol. The summed E-state index contributed by atoms with van der Waals surface area (Å²) in [5, 5.41) is 12.2. The van der Waals surface area contributed by atoms with E-state index in [2.05, 4.69) is 16.4 Å². The van der Waals surface area contributed by atoms with Crippen LogP contribution in [0.4, 0.5) is 5.82 Å². The van der Waals surface area contributed by atoms with E-state index in [4.69, 9.17) is 5.26 Å². The molecule has 0 radical (unpaired) electrons. The molecule has 1 saturated carbocycles. The van der Waals surface area contributed by atoms with Crippen molar-refractivity contribution in [2.75, 3.05) is 11.9 Å². The van der Waals surface area contributed by atoms with Gasteiger partial charge in [0.25, 0.3) is 0 Å². The first kappa shape index (κ1) is 18.8. The van der Waals surface area contributed by atoms with Crippen LogP contribution in [0, 0.1) is 38.0 Å². The third kappa shape index (κ3) is 3.75.